The first kappa shape index (κ1) is 14.7. The molecule has 3 heterocycles. The van der Waals surface area contributed by atoms with E-state index in [0.717, 1.165) is 42.8 Å². The Kier molecular flexibility index (Phi) is 3.79. The summed E-state index contributed by atoms with van der Waals surface area (Å²) < 4.78 is 1.94. The van der Waals surface area contributed by atoms with Gasteiger partial charge in [-0.2, -0.15) is 5.10 Å². The van der Waals surface area contributed by atoms with Crippen molar-refractivity contribution in [2.75, 3.05) is 18.0 Å². The van der Waals surface area contributed by atoms with Crippen LogP contribution in [-0.2, 0) is 0 Å². The van der Waals surface area contributed by atoms with Gasteiger partial charge in [-0.15, -0.1) is 0 Å². The Balaban J connectivity index is 1.55. The number of rotatable bonds is 2. The highest BCUT2D eigenvalue weighted by molar-refractivity contribution is 6.42. The zero-order valence-electron chi connectivity index (χ0n) is 12.2. The number of aromatic nitrogens is 5. The van der Waals surface area contributed by atoms with Gasteiger partial charge in [-0.05, 0) is 25.0 Å². The number of fused-ring (bicyclic) bond motifs is 1. The lowest BCUT2D eigenvalue weighted by atomic mass is 10.1. The lowest BCUT2D eigenvalue weighted by Crippen LogP contribution is -2.35. The molecule has 8 heteroatoms. The highest BCUT2D eigenvalue weighted by Gasteiger charge is 2.22. The maximum atomic E-state index is 6.07. The van der Waals surface area contributed by atoms with Gasteiger partial charge in [0.05, 0.1) is 33.3 Å². The van der Waals surface area contributed by atoms with Crippen molar-refractivity contribution in [3.63, 3.8) is 0 Å². The quantitative estimate of drug-likeness (QED) is 0.710. The Morgan fingerprint density at radius 2 is 1.78 bits per heavy atom. The van der Waals surface area contributed by atoms with Crippen LogP contribution in [0.2, 0.25) is 10.0 Å². The van der Waals surface area contributed by atoms with Gasteiger partial charge in [0, 0.05) is 13.1 Å². The van der Waals surface area contributed by atoms with Crippen molar-refractivity contribution >= 4 is 40.1 Å². The molecule has 4 rings (SSSR count). The molecule has 6 nitrogen and oxygen atoms in total. The first-order chi connectivity index (χ1) is 11.2. The molecule has 0 atom stereocenters. The number of nitrogens with zero attached hydrogens (tertiary/aromatic N) is 6. The van der Waals surface area contributed by atoms with Crippen molar-refractivity contribution in [1.29, 1.82) is 0 Å². The van der Waals surface area contributed by atoms with E-state index in [1.165, 1.54) is 0 Å². The number of hydrogen-bond acceptors (Lipinski definition) is 5. The molecule has 1 saturated heterocycles. The fourth-order valence-electron chi connectivity index (χ4n) is 2.92. The molecule has 3 aromatic rings. The molecular weight excluding hydrogens is 335 g/mol. The molecule has 0 bridgehead atoms. The molecule has 0 aliphatic carbocycles. The Morgan fingerprint density at radius 3 is 2.48 bits per heavy atom. The molecule has 0 radical (unpaired) electrons. The maximum absolute atomic E-state index is 6.07. The Morgan fingerprint density at radius 1 is 1.04 bits per heavy atom. The predicted molar refractivity (Wildman–Crippen MR) is 90.1 cm³/mol. The molecule has 0 amide bonds. The average Bonchev–Trinajstić information content (AvgIpc) is 3.10. The molecular formula is C15H14Cl2N6. The predicted octanol–water partition coefficient (Wildman–Crippen LogP) is 3.37. The first-order valence-corrected chi connectivity index (χ1v) is 8.17. The van der Waals surface area contributed by atoms with E-state index in [1.54, 1.807) is 31.0 Å². The standard InChI is InChI=1S/C15H14Cl2N6/c16-11-5-13-14(6-12(11)17)21-15(7-19-13)22-3-1-10(2-4-22)23-9-18-8-20-23/h5-10H,1-4H2. The smallest absolute Gasteiger partial charge is 0.147 e. The van der Waals surface area contributed by atoms with E-state index in [2.05, 4.69) is 25.0 Å². The molecule has 1 aromatic carbocycles. The zero-order valence-corrected chi connectivity index (χ0v) is 13.7. The molecule has 1 aliphatic heterocycles. The summed E-state index contributed by atoms with van der Waals surface area (Å²) in [6, 6.07) is 3.90. The van der Waals surface area contributed by atoms with Crippen LogP contribution in [0.3, 0.4) is 0 Å². The van der Waals surface area contributed by atoms with Crippen molar-refractivity contribution in [2.45, 2.75) is 18.9 Å². The largest absolute Gasteiger partial charge is 0.355 e. The summed E-state index contributed by atoms with van der Waals surface area (Å²) in [6.45, 7) is 1.82. The summed E-state index contributed by atoms with van der Waals surface area (Å²) in [5.41, 5.74) is 1.51. The Bertz CT molecular complexity index is 827. The van der Waals surface area contributed by atoms with Crippen molar-refractivity contribution < 1.29 is 0 Å². The highest BCUT2D eigenvalue weighted by atomic mass is 35.5. The molecule has 0 spiro atoms. The fraction of sp³-hybridized carbons (Fsp3) is 0.333. The van der Waals surface area contributed by atoms with Gasteiger partial charge in [0.2, 0.25) is 0 Å². The molecule has 1 fully saturated rings. The van der Waals surface area contributed by atoms with Crippen LogP contribution in [0.15, 0.2) is 31.0 Å². The Hall–Kier alpha value is -1.92. The minimum absolute atomic E-state index is 0.399. The number of anilines is 1. The third kappa shape index (κ3) is 2.84. The minimum Gasteiger partial charge on any atom is -0.355 e. The normalized spacial score (nSPS) is 16.2. The summed E-state index contributed by atoms with van der Waals surface area (Å²) in [4.78, 5) is 15.4. The van der Waals surface area contributed by atoms with E-state index < -0.39 is 0 Å². The zero-order chi connectivity index (χ0) is 15.8. The fourth-order valence-corrected chi connectivity index (χ4v) is 3.23. The number of hydrogen-bond donors (Lipinski definition) is 0. The topological polar surface area (TPSA) is 59.7 Å². The summed E-state index contributed by atoms with van der Waals surface area (Å²) in [6.07, 6.45) is 7.16. The van der Waals surface area contributed by atoms with Gasteiger partial charge in [-0.3, -0.25) is 4.98 Å². The van der Waals surface area contributed by atoms with Crippen LogP contribution in [0.4, 0.5) is 5.82 Å². The van der Waals surface area contributed by atoms with Crippen molar-refractivity contribution in [2.24, 2.45) is 0 Å². The minimum atomic E-state index is 0.399. The molecule has 2 aromatic heterocycles. The lowest BCUT2D eigenvalue weighted by Gasteiger charge is -2.32. The average molecular weight is 349 g/mol. The van der Waals surface area contributed by atoms with E-state index in [0.29, 0.717) is 16.1 Å². The van der Waals surface area contributed by atoms with Crippen LogP contribution in [0.25, 0.3) is 11.0 Å². The second-order valence-corrected chi connectivity index (χ2v) is 6.39. The van der Waals surface area contributed by atoms with Crippen LogP contribution in [-0.4, -0.2) is 37.8 Å². The second-order valence-electron chi connectivity index (χ2n) is 5.58. The first-order valence-electron chi connectivity index (χ1n) is 7.41. The summed E-state index contributed by atoms with van der Waals surface area (Å²) >= 11 is 12.1. The van der Waals surface area contributed by atoms with Gasteiger partial charge >= 0.3 is 0 Å². The van der Waals surface area contributed by atoms with Crippen LogP contribution < -0.4 is 4.90 Å². The van der Waals surface area contributed by atoms with E-state index in [4.69, 9.17) is 23.2 Å². The van der Waals surface area contributed by atoms with Gasteiger partial charge in [0.15, 0.2) is 0 Å². The molecule has 118 valence electrons. The SMILES string of the molecule is Clc1cc2ncc(N3CCC(n4cncn4)CC3)nc2cc1Cl. The number of benzene rings is 1. The van der Waals surface area contributed by atoms with E-state index in [1.807, 2.05) is 4.68 Å². The molecule has 0 saturated carbocycles. The van der Waals surface area contributed by atoms with Crippen LogP contribution in [0.5, 0.6) is 0 Å². The molecule has 0 unspecified atom stereocenters. The van der Waals surface area contributed by atoms with Gasteiger partial charge in [-0.1, -0.05) is 23.2 Å². The van der Waals surface area contributed by atoms with E-state index >= 15 is 0 Å². The third-order valence-corrected chi connectivity index (χ3v) is 4.89. The van der Waals surface area contributed by atoms with Gasteiger partial charge < -0.3 is 4.90 Å². The van der Waals surface area contributed by atoms with Crippen molar-refractivity contribution in [3.05, 3.63) is 41.0 Å². The van der Waals surface area contributed by atoms with Gasteiger partial charge in [-0.25, -0.2) is 14.6 Å². The molecule has 23 heavy (non-hydrogen) atoms. The Labute approximate surface area is 143 Å². The van der Waals surface area contributed by atoms with Crippen LogP contribution >= 0.6 is 23.2 Å². The van der Waals surface area contributed by atoms with Crippen LogP contribution in [0.1, 0.15) is 18.9 Å². The highest BCUT2D eigenvalue weighted by Crippen LogP contribution is 2.29. The second kappa shape index (κ2) is 5.94. The van der Waals surface area contributed by atoms with Crippen LogP contribution in [0, 0.1) is 0 Å². The summed E-state index contributed by atoms with van der Waals surface area (Å²) in [5, 5.41) is 5.22. The summed E-state index contributed by atoms with van der Waals surface area (Å²) in [7, 11) is 0. The van der Waals surface area contributed by atoms with Gasteiger partial charge in [0.1, 0.15) is 18.5 Å². The number of piperidine rings is 1. The number of halogens is 2. The molecule has 0 N–H and O–H groups in total. The summed E-state index contributed by atoms with van der Waals surface area (Å²) in [5.74, 6) is 0.868. The molecule has 1 aliphatic rings. The van der Waals surface area contributed by atoms with Crippen molar-refractivity contribution in [3.8, 4) is 0 Å². The van der Waals surface area contributed by atoms with Crippen molar-refractivity contribution in [1.82, 2.24) is 24.7 Å². The maximum Gasteiger partial charge on any atom is 0.147 e. The van der Waals surface area contributed by atoms with Gasteiger partial charge in [0.25, 0.3) is 0 Å². The van der Waals surface area contributed by atoms with E-state index in [9.17, 15) is 0 Å². The lowest BCUT2D eigenvalue weighted by molar-refractivity contribution is 0.365. The van der Waals surface area contributed by atoms with E-state index in [-0.39, 0.29) is 0 Å². The monoisotopic (exact) mass is 348 g/mol. The third-order valence-electron chi connectivity index (χ3n) is 4.17.